The molecule has 33 heavy (non-hydrogen) atoms. The lowest BCUT2D eigenvalue weighted by atomic mass is 10.1. The van der Waals surface area contributed by atoms with Crippen molar-refractivity contribution in [1.29, 1.82) is 0 Å². The number of hydrogen-bond acceptors (Lipinski definition) is 3. The van der Waals surface area contributed by atoms with E-state index in [1.165, 1.54) is 0 Å². The van der Waals surface area contributed by atoms with E-state index in [1.54, 1.807) is 4.90 Å². The zero-order valence-corrected chi connectivity index (χ0v) is 21.0. The van der Waals surface area contributed by atoms with E-state index in [1.807, 2.05) is 87.5 Å². The number of ether oxygens (including phenoxy) is 1. The zero-order chi connectivity index (χ0) is 23.8. The van der Waals surface area contributed by atoms with Crippen molar-refractivity contribution in [3.8, 4) is 5.75 Å². The first-order chi connectivity index (χ1) is 15.9. The molecule has 1 N–H and O–H groups in total. The third-order valence-corrected chi connectivity index (χ3v) is 6.30. The number of rotatable bonds is 10. The van der Waals surface area contributed by atoms with Crippen LogP contribution in [0.15, 0.2) is 71.2 Å². The molecule has 0 aliphatic rings. The molecule has 0 saturated heterocycles. The molecule has 0 bridgehead atoms. The van der Waals surface area contributed by atoms with Crippen molar-refractivity contribution in [3.05, 3.63) is 76.8 Å². The van der Waals surface area contributed by atoms with E-state index in [2.05, 4.69) is 21.2 Å². The number of nitrogens with one attached hydrogen (secondary N) is 1. The van der Waals surface area contributed by atoms with Crippen LogP contribution in [0.3, 0.4) is 0 Å². The Kier molecular flexibility index (Phi) is 8.89. The van der Waals surface area contributed by atoms with E-state index in [4.69, 9.17) is 4.74 Å². The van der Waals surface area contributed by atoms with Gasteiger partial charge in [-0.2, -0.15) is 0 Å². The topological polar surface area (TPSA) is 58.6 Å². The molecule has 174 valence electrons. The number of benzene rings is 3. The van der Waals surface area contributed by atoms with E-state index in [0.717, 1.165) is 20.8 Å². The van der Waals surface area contributed by atoms with Crippen LogP contribution in [0.2, 0.25) is 0 Å². The van der Waals surface area contributed by atoms with Gasteiger partial charge in [0.05, 0.1) is 4.47 Å². The fourth-order valence-corrected chi connectivity index (χ4v) is 4.43. The van der Waals surface area contributed by atoms with Crippen LogP contribution in [0, 0.1) is 0 Å². The van der Waals surface area contributed by atoms with Crippen molar-refractivity contribution >= 4 is 38.5 Å². The van der Waals surface area contributed by atoms with Crippen LogP contribution < -0.4 is 10.1 Å². The molecule has 0 aromatic heterocycles. The summed E-state index contributed by atoms with van der Waals surface area (Å²) in [5.41, 5.74) is 1.12. The number of fused-ring (bicyclic) bond motifs is 1. The Morgan fingerprint density at radius 2 is 1.70 bits per heavy atom. The molecule has 5 nitrogen and oxygen atoms in total. The molecular weight excluding hydrogens is 480 g/mol. The predicted octanol–water partition coefficient (Wildman–Crippen LogP) is 5.36. The molecule has 0 heterocycles. The second kappa shape index (κ2) is 11.8. The molecule has 3 aromatic rings. The summed E-state index contributed by atoms with van der Waals surface area (Å²) in [7, 11) is 0. The molecule has 1 atom stereocenters. The second-order valence-corrected chi connectivity index (χ2v) is 9.09. The Balaban J connectivity index is 1.77. The highest BCUT2D eigenvalue weighted by Gasteiger charge is 2.29. The van der Waals surface area contributed by atoms with Gasteiger partial charge in [0.1, 0.15) is 11.8 Å². The molecule has 0 saturated carbocycles. The number of hydrogen-bond donors (Lipinski definition) is 1. The van der Waals surface area contributed by atoms with E-state index in [9.17, 15) is 9.59 Å². The largest absolute Gasteiger partial charge is 0.483 e. The smallest absolute Gasteiger partial charge is 0.261 e. The lowest BCUT2D eigenvalue weighted by Crippen LogP contribution is -2.52. The number of amides is 2. The summed E-state index contributed by atoms with van der Waals surface area (Å²) in [5, 5.41) is 5.06. The summed E-state index contributed by atoms with van der Waals surface area (Å²) in [6.45, 7) is 6.06. The van der Waals surface area contributed by atoms with Crippen molar-refractivity contribution < 1.29 is 14.3 Å². The van der Waals surface area contributed by atoms with Crippen LogP contribution in [0.25, 0.3) is 10.8 Å². The van der Waals surface area contributed by atoms with Gasteiger partial charge in [0.25, 0.3) is 5.91 Å². The van der Waals surface area contributed by atoms with Crippen LogP contribution in [0.4, 0.5) is 0 Å². The number of halogens is 1. The molecule has 3 rings (SSSR count). The highest BCUT2D eigenvalue weighted by atomic mass is 79.9. The molecule has 0 aliphatic heterocycles. The SMILES string of the molecule is CC[C@@H](C(=O)NC(C)C)N(CCc1ccccc1)C(=O)COc1ccc2ccccc2c1Br. The van der Waals surface area contributed by atoms with Crippen molar-refractivity contribution in [3.63, 3.8) is 0 Å². The lowest BCUT2D eigenvalue weighted by molar-refractivity contribution is -0.142. The minimum absolute atomic E-state index is 0.00225. The van der Waals surface area contributed by atoms with Crippen molar-refractivity contribution in [2.45, 2.75) is 45.7 Å². The maximum absolute atomic E-state index is 13.3. The van der Waals surface area contributed by atoms with Crippen LogP contribution in [-0.2, 0) is 16.0 Å². The highest BCUT2D eigenvalue weighted by Crippen LogP contribution is 2.33. The quantitative estimate of drug-likeness (QED) is 0.399. The monoisotopic (exact) mass is 510 g/mol. The summed E-state index contributed by atoms with van der Waals surface area (Å²) in [6, 6.07) is 21.2. The minimum atomic E-state index is -0.549. The first-order valence-corrected chi connectivity index (χ1v) is 12.1. The molecule has 3 aromatic carbocycles. The number of nitrogens with zero attached hydrogens (tertiary/aromatic N) is 1. The maximum Gasteiger partial charge on any atom is 0.261 e. The van der Waals surface area contributed by atoms with Crippen LogP contribution in [0.1, 0.15) is 32.8 Å². The van der Waals surface area contributed by atoms with Gasteiger partial charge < -0.3 is 15.0 Å². The van der Waals surface area contributed by atoms with E-state index >= 15 is 0 Å². The predicted molar refractivity (Wildman–Crippen MR) is 136 cm³/mol. The Morgan fingerprint density at radius 3 is 2.39 bits per heavy atom. The molecule has 0 spiro atoms. The van der Waals surface area contributed by atoms with Gasteiger partial charge in [0, 0.05) is 12.6 Å². The molecule has 2 amide bonds. The van der Waals surface area contributed by atoms with Crippen LogP contribution >= 0.6 is 15.9 Å². The van der Waals surface area contributed by atoms with Gasteiger partial charge in [0.15, 0.2) is 6.61 Å². The Hall–Kier alpha value is -2.86. The molecule has 0 unspecified atom stereocenters. The molecule has 0 radical (unpaired) electrons. The Morgan fingerprint density at radius 1 is 1.00 bits per heavy atom. The number of carbonyl (C=O) groups excluding carboxylic acids is 2. The Labute approximate surface area is 204 Å². The van der Waals surface area contributed by atoms with Crippen molar-refractivity contribution in [2.24, 2.45) is 0 Å². The first-order valence-electron chi connectivity index (χ1n) is 11.3. The third-order valence-electron chi connectivity index (χ3n) is 5.48. The Bertz CT molecular complexity index is 1090. The fraction of sp³-hybridized carbons (Fsp3) is 0.333. The van der Waals surface area contributed by atoms with Crippen molar-refractivity contribution in [1.82, 2.24) is 10.2 Å². The first kappa shape index (κ1) is 24.8. The normalized spacial score (nSPS) is 11.9. The van der Waals surface area contributed by atoms with Gasteiger partial charge in [-0.05, 0) is 65.0 Å². The van der Waals surface area contributed by atoms with Gasteiger partial charge in [-0.3, -0.25) is 9.59 Å². The van der Waals surface area contributed by atoms with E-state index in [-0.39, 0.29) is 24.5 Å². The lowest BCUT2D eigenvalue weighted by Gasteiger charge is -2.31. The zero-order valence-electron chi connectivity index (χ0n) is 19.4. The minimum Gasteiger partial charge on any atom is -0.483 e. The van der Waals surface area contributed by atoms with E-state index in [0.29, 0.717) is 25.1 Å². The third kappa shape index (κ3) is 6.57. The average Bonchev–Trinajstić information content (AvgIpc) is 2.81. The molecule has 0 fully saturated rings. The van der Waals surface area contributed by atoms with Gasteiger partial charge in [-0.25, -0.2) is 0 Å². The van der Waals surface area contributed by atoms with Gasteiger partial charge in [0.2, 0.25) is 5.91 Å². The van der Waals surface area contributed by atoms with E-state index < -0.39 is 6.04 Å². The molecule has 0 aliphatic carbocycles. The summed E-state index contributed by atoms with van der Waals surface area (Å²) < 4.78 is 6.74. The standard InChI is InChI=1S/C27H31BrN2O3/c1-4-23(27(32)29-19(2)3)30(17-16-20-10-6-5-7-11-20)25(31)18-33-24-15-14-21-12-8-9-13-22(21)26(24)28/h5-15,19,23H,4,16-18H2,1-3H3,(H,29,32)/t23-/m0/s1. The van der Waals surface area contributed by atoms with Crippen molar-refractivity contribution in [2.75, 3.05) is 13.2 Å². The van der Waals surface area contributed by atoms with Gasteiger partial charge >= 0.3 is 0 Å². The number of carbonyl (C=O) groups is 2. The van der Waals surface area contributed by atoms with Crippen LogP contribution in [0.5, 0.6) is 5.75 Å². The van der Waals surface area contributed by atoms with Gasteiger partial charge in [-0.15, -0.1) is 0 Å². The molecular formula is C27H31BrN2O3. The summed E-state index contributed by atoms with van der Waals surface area (Å²) in [6.07, 6.45) is 1.19. The van der Waals surface area contributed by atoms with Gasteiger partial charge in [-0.1, -0.05) is 67.6 Å². The summed E-state index contributed by atoms with van der Waals surface area (Å²) >= 11 is 3.61. The average molecular weight is 511 g/mol. The van der Waals surface area contributed by atoms with Crippen LogP contribution in [-0.4, -0.2) is 41.9 Å². The maximum atomic E-state index is 13.3. The summed E-state index contributed by atoms with van der Waals surface area (Å²) in [4.78, 5) is 27.8. The highest BCUT2D eigenvalue weighted by molar-refractivity contribution is 9.10. The second-order valence-electron chi connectivity index (χ2n) is 8.30. The fourth-order valence-electron chi connectivity index (χ4n) is 3.82. The molecule has 6 heteroatoms. The summed E-state index contributed by atoms with van der Waals surface area (Å²) in [5.74, 6) is 0.252.